The van der Waals surface area contributed by atoms with Gasteiger partial charge in [-0.3, -0.25) is 14.5 Å². The summed E-state index contributed by atoms with van der Waals surface area (Å²) in [6.07, 6.45) is 6.35. The van der Waals surface area contributed by atoms with Crippen LogP contribution in [0.1, 0.15) is 52.4 Å². The number of nitrogens with one attached hydrogen (secondary N) is 1. The van der Waals surface area contributed by atoms with Gasteiger partial charge in [0.15, 0.2) is 0 Å². The molecular formula is C16H29N3O2. The maximum absolute atomic E-state index is 12.4. The molecule has 1 saturated carbocycles. The quantitative estimate of drug-likeness (QED) is 0.820. The lowest BCUT2D eigenvalue weighted by molar-refractivity contribution is -0.128. The summed E-state index contributed by atoms with van der Waals surface area (Å²) in [5.41, 5.74) is 5.35. The van der Waals surface area contributed by atoms with Gasteiger partial charge < -0.3 is 11.1 Å². The van der Waals surface area contributed by atoms with Gasteiger partial charge in [-0.15, -0.1) is 0 Å². The first kappa shape index (κ1) is 16.3. The highest BCUT2D eigenvalue weighted by Crippen LogP contribution is 2.24. The van der Waals surface area contributed by atoms with Gasteiger partial charge >= 0.3 is 0 Å². The summed E-state index contributed by atoms with van der Waals surface area (Å²) in [5.74, 6) is 0.486. The minimum absolute atomic E-state index is 0.0186. The van der Waals surface area contributed by atoms with Crippen LogP contribution in [-0.4, -0.2) is 41.9 Å². The molecule has 2 amide bonds. The molecule has 0 aromatic rings. The van der Waals surface area contributed by atoms with Gasteiger partial charge in [0, 0.05) is 12.0 Å². The Morgan fingerprint density at radius 1 is 1.14 bits per heavy atom. The van der Waals surface area contributed by atoms with Gasteiger partial charge in [-0.1, -0.05) is 19.8 Å². The average Bonchev–Trinajstić information content (AvgIpc) is 2.49. The van der Waals surface area contributed by atoms with E-state index in [-0.39, 0.29) is 23.8 Å². The van der Waals surface area contributed by atoms with Crippen molar-refractivity contribution < 1.29 is 9.59 Å². The zero-order valence-electron chi connectivity index (χ0n) is 13.3. The molecule has 120 valence electrons. The molecule has 0 aromatic heterocycles. The Morgan fingerprint density at radius 2 is 1.76 bits per heavy atom. The fourth-order valence-electron chi connectivity index (χ4n) is 3.57. The summed E-state index contributed by atoms with van der Waals surface area (Å²) in [4.78, 5) is 25.8. The number of hydrogen-bond acceptors (Lipinski definition) is 3. The monoisotopic (exact) mass is 295 g/mol. The molecule has 1 saturated heterocycles. The summed E-state index contributed by atoms with van der Waals surface area (Å²) >= 11 is 0. The lowest BCUT2D eigenvalue weighted by Gasteiger charge is -2.36. The minimum Gasteiger partial charge on any atom is -0.369 e. The van der Waals surface area contributed by atoms with E-state index in [1.807, 2.05) is 6.92 Å². The van der Waals surface area contributed by atoms with E-state index in [1.54, 1.807) is 0 Å². The smallest absolute Gasteiger partial charge is 0.237 e. The number of likely N-dealkylation sites (tertiary alicyclic amines) is 1. The van der Waals surface area contributed by atoms with E-state index in [4.69, 9.17) is 5.73 Å². The highest BCUT2D eigenvalue weighted by molar-refractivity contribution is 5.81. The van der Waals surface area contributed by atoms with Crippen molar-refractivity contribution in [3.8, 4) is 0 Å². The molecule has 3 atom stereocenters. The molecule has 2 fully saturated rings. The fourth-order valence-corrected chi connectivity index (χ4v) is 3.57. The van der Waals surface area contributed by atoms with Crippen molar-refractivity contribution in [2.75, 3.05) is 13.1 Å². The van der Waals surface area contributed by atoms with Crippen LogP contribution >= 0.6 is 0 Å². The molecule has 0 unspecified atom stereocenters. The second-order valence-corrected chi connectivity index (χ2v) is 6.77. The Balaban J connectivity index is 1.81. The van der Waals surface area contributed by atoms with E-state index in [0.717, 1.165) is 32.4 Å². The van der Waals surface area contributed by atoms with E-state index in [1.165, 1.54) is 19.3 Å². The van der Waals surface area contributed by atoms with Gasteiger partial charge in [0.25, 0.3) is 0 Å². The molecule has 5 heteroatoms. The Bertz CT molecular complexity index is 378. The van der Waals surface area contributed by atoms with Crippen LogP contribution in [0, 0.1) is 11.8 Å². The molecule has 21 heavy (non-hydrogen) atoms. The van der Waals surface area contributed by atoms with Crippen LogP contribution in [0.25, 0.3) is 0 Å². The Hall–Kier alpha value is -1.10. The highest BCUT2D eigenvalue weighted by atomic mass is 16.2. The van der Waals surface area contributed by atoms with Crippen molar-refractivity contribution in [2.24, 2.45) is 17.6 Å². The number of piperidine rings is 1. The molecule has 0 bridgehead atoms. The van der Waals surface area contributed by atoms with Crippen molar-refractivity contribution in [3.05, 3.63) is 0 Å². The molecule has 1 aliphatic carbocycles. The summed E-state index contributed by atoms with van der Waals surface area (Å²) in [5, 5.41) is 3.23. The van der Waals surface area contributed by atoms with Gasteiger partial charge in [0.05, 0.1) is 6.04 Å². The largest absolute Gasteiger partial charge is 0.369 e. The first-order chi connectivity index (χ1) is 9.99. The molecule has 0 radical (unpaired) electrons. The third-order valence-corrected chi connectivity index (χ3v) is 5.30. The summed E-state index contributed by atoms with van der Waals surface area (Å²) in [7, 11) is 0. The van der Waals surface area contributed by atoms with E-state index in [2.05, 4.69) is 17.1 Å². The second-order valence-electron chi connectivity index (χ2n) is 6.77. The number of rotatable bonds is 4. The molecule has 1 aliphatic heterocycles. The highest BCUT2D eigenvalue weighted by Gasteiger charge is 2.30. The average molecular weight is 295 g/mol. The number of nitrogens with two attached hydrogens (primary N) is 1. The Labute approximate surface area is 127 Å². The first-order valence-corrected chi connectivity index (χ1v) is 8.32. The number of primary amides is 1. The molecule has 3 N–H and O–H groups in total. The molecule has 0 spiro atoms. The van der Waals surface area contributed by atoms with Gasteiger partial charge in [-0.05, 0) is 51.6 Å². The van der Waals surface area contributed by atoms with E-state index >= 15 is 0 Å². The molecule has 2 aliphatic rings. The zero-order valence-corrected chi connectivity index (χ0v) is 13.3. The molecule has 0 aromatic carbocycles. The predicted molar refractivity (Wildman–Crippen MR) is 82.5 cm³/mol. The van der Waals surface area contributed by atoms with Crippen molar-refractivity contribution >= 4 is 11.8 Å². The molecule has 5 nitrogen and oxygen atoms in total. The number of carbonyl (C=O) groups is 2. The van der Waals surface area contributed by atoms with Crippen molar-refractivity contribution in [1.29, 1.82) is 0 Å². The van der Waals surface area contributed by atoms with Crippen molar-refractivity contribution in [1.82, 2.24) is 10.2 Å². The molecule has 1 heterocycles. The lowest BCUT2D eigenvalue weighted by Crippen LogP contribution is -2.52. The van der Waals surface area contributed by atoms with Crippen LogP contribution in [0.5, 0.6) is 0 Å². The maximum atomic E-state index is 12.4. The lowest BCUT2D eigenvalue weighted by atomic mass is 9.86. The minimum atomic E-state index is -0.206. The van der Waals surface area contributed by atoms with Gasteiger partial charge in [0.2, 0.25) is 11.8 Å². The van der Waals surface area contributed by atoms with Crippen LogP contribution in [0.15, 0.2) is 0 Å². The number of nitrogens with zero attached hydrogens (tertiary/aromatic N) is 1. The maximum Gasteiger partial charge on any atom is 0.237 e. The zero-order chi connectivity index (χ0) is 15.4. The standard InChI is InChI=1S/C16H29N3O2/c1-11-5-3-4-6-14(11)18-16(21)12(2)19-9-7-13(8-10-19)15(17)20/h11-14H,3-10H2,1-2H3,(H2,17,20)(H,18,21)/t11-,12-,14-/m1/s1. The third-order valence-electron chi connectivity index (χ3n) is 5.30. The molecular weight excluding hydrogens is 266 g/mol. The Morgan fingerprint density at radius 3 is 2.33 bits per heavy atom. The van der Waals surface area contributed by atoms with E-state index in [0.29, 0.717) is 12.0 Å². The summed E-state index contributed by atoms with van der Waals surface area (Å²) in [6.45, 7) is 5.76. The normalized spacial score (nSPS) is 29.8. The summed E-state index contributed by atoms with van der Waals surface area (Å²) < 4.78 is 0. The van der Waals surface area contributed by atoms with E-state index in [9.17, 15) is 9.59 Å². The van der Waals surface area contributed by atoms with Crippen LogP contribution in [0.3, 0.4) is 0 Å². The van der Waals surface area contributed by atoms with Crippen LogP contribution in [-0.2, 0) is 9.59 Å². The fraction of sp³-hybridized carbons (Fsp3) is 0.875. The number of hydrogen-bond donors (Lipinski definition) is 2. The topological polar surface area (TPSA) is 75.4 Å². The van der Waals surface area contributed by atoms with Gasteiger partial charge in [0.1, 0.15) is 0 Å². The first-order valence-electron chi connectivity index (χ1n) is 8.32. The third kappa shape index (κ3) is 4.19. The van der Waals surface area contributed by atoms with Crippen LogP contribution in [0.2, 0.25) is 0 Å². The van der Waals surface area contributed by atoms with Crippen molar-refractivity contribution in [3.63, 3.8) is 0 Å². The van der Waals surface area contributed by atoms with Crippen LogP contribution in [0.4, 0.5) is 0 Å². The Kier molecular flexibility index (Phi) is 5.62. The number of amides is 2. The summed E-state index contributed by atoms with van der Waals surface area (Å²) in [6, 6.07) is 0.213. The van der Waals surface area contributed by atoms with Crippen LogP contribution < -0.4 is 11.1 Å². The SMILES string of the molecule is C[C@@H]1CCCC[C@H]1NC(=O)[C@@H](C)N1CCC(C(N)=O)CC1. The molecule has 2 rings (SSSR count). The van der Waals surface area contributed by atoms with Crippen molar-refractivity contribution in [2.45, 2.75) is 64.5 Å². The predicted octanol–water partition coefficient (Wildman–Crippen LogP) is 1.27. The second kappa shape index (κ2) is 7.25. The van der Waals surface area contributed by atoms with Gasteiger partial charge in [-0.2, -0.15) is 0 Å². The van der Waals surface area contributed by atoms with E-state index < -0.39 is 0 Å². The number of carbonyl (C=O) groups excluding carboxylic acids is 2. The van der Waals surface area contributed by atoms with Gasteiger partial charge in [-0.25, -0.2) is 0 Å².